The Hall–Kier alpha value is -0.980. The van der Waals surface area contributed by atoms with Crippen molar-refractivity contribution in [3.05, 3.63) is 11.7 Å². The SMILES string of the molecule is COC(c1noc(C2(N)CCOCC2)n1)C1CCCCC1. The normalized spacial score (nSPS) is 24.9. The average molecular weight is 295 g/mol. The van der Waals surface area contributed by atoms with Gasteiger partial charge in [-0.1, -0.05) is 24.4 Å². The summed E-state index contributed by atoms with van der Waals surface area (Å²) in [6.45, 7) is 1.29. The summed E-state index contributed by atoms with van der Waals surface area (Å²) in [6, 6.07) is 0. The third kappa shape index (κ3) is 3.12. The van der Waals surface area contributed by atoms with Gasteiger partial charge >= 0.3 is 0 Å². The van der Waals surface area contributed by atoms with Crippen molar-refractivity contribution >= 4 is 0 Å². The molecule has 1 aromatic rings. The summed E-state index contributed by atoms with van der Waals surface area (Å²) in [6.07, 6.45) is 7.53. The molecule has 2 N–H and O–H groups in total. The van der Waals surface area contributed by atoms with Crippen LogP contribution in [0.2, 0.25) is 0 Å². The number of aromatic nitrogens is 2. The van der Waals surface area contributed by atoms with E-state index in [2.05, 4.69) is 10.1 Å². The molecule has 1 saturated heterocycles. The van der Waals surface area contributed by atoms with Crippen LogP contribution in [-0.4, -0.2) is 30.5 Å². The van der Waals surface area contributed by atoms with Crippen molar-refractivity contribution in [2.75, 3.05) is 20.3 Å². The molecule has 1 aliphatic carbocycles. The molecule has 1 unspecified atom stereocenters. The zero-order chi connectivity index (χ0) is 14.7. The Morgan fingerprint density at radius 3 is 2.62 bits per heavy atom. The highest BCUT2D eigenvalue weighted by Gasteiger charge is 2.37. The molecule has 1 atom stereocenters. The van der Waals surface area contributed by atoms with Crippen molar-refractivity contribution < 1.29 is 14.0 Å². The maximum absolute atomic E-state index is 6.40. The Bertz CT molecular complexity index is 451. The number of methoxy groups -OCH3 is 1. The van der Waals surface area contributed by atoms with E-state index >= 15 is 0 Å². The molecule has 0 radical (unpaired) electrons. The maximum atomic E-state index is 6.40. The molecule has 0 bridgehead atoms. The molecular formula is C15H25N3O3. The lowest BCUT2D eigenvalue weighted by Crippen LogP contribution is -2.42. The number of rotatable bonds is 4. The minimum absolute atomic E-state index is 0.0776. The van der Waals surface area contributed by atoms with Gasteiger partial charge in [-0.3, -0.25) is 0 Å². The highest BCUT2D eigenvalue weighted by molar-refractivity contribution is 5.05. The molecule has 2 aliphatic rings. The largest absolute Gasteiger partial charge is 0.381 e. The van der Waals surface area contributed by atoms with Crippen molar-refractivity contribution in [2.24, 2.45) is 11.7 Å². The fourth-order valence-electron chi connectivity index (χ4n) is 3.45. The Kier molecular flexibility index (Phi) is 4.57. The van der Waals surface area contributed by atoms with E-state index in [4.69, 9.17) is 19.7 Å². The van der Waals surface area contributed by atoms with Crippen molar-refractivity contribution in [3.63, 3.8) is 0 Å². The third-order valence-corrected chi connectivity index (χ3v) is 4.84. The quantitative estimate of drug-likeness (QED) is 0.917. The van der Waals surface area contributed by atoms with Crippen molar-refractivity contribution in [1.29, 1.82) is 0 Å². The first kappa shape index (κ1) is 14.9. The highest BCUT2D eigenvalue weighted by Crippen LogP contribution is 2.36. The molecule has 1 aliphatic heterocycles. The van der Waals surface area contributed by atoms with Crippen LogP contribution in [0.5, 0.6) is 0 Å². The standard InChI is InChI=1S/C15H25N3O3/c1-19-12(11-5-3-2-4-6-11)13-17-14(21-18-13)15(16)7-9-20-10-8-15/h11-12H,2-10,16H2,1H3. The van der Waals surface area contributed by atoms with Crippen LogP contribution in [0.25, 0.3) is 0 Å². The van der Waals surface area contributed by atoms with Gasteiger partial charge in [0.1, 0.15) is 11.6 Å². The molecular weight excluding hydrogens is 270 g/mol. The first-order valence-electron chi connectivity index (χ1n) is 7.96. The predicted molar refractivity (Wildman–Crippen MR) is 76.5 cm³/mol. The molecule has 1 saturated carbocycles. The van der Waals surface area contributed by atoms with E-state index < -0.39 is 5.54 Å². The first-order chi connectivity index (χ1) is 10.2. The van der Waals surface area contributed by atoms with Gasteiger partial charge in [-0.05, 0) is 31.6 Å². The predicted octanol–water partition coefficient (Wildman–Crippen LogP) is 2.30. The number of hydrogen-bond donors (Lipinski definition) is 1. The van der Waals surface area contributed by atoms with E-state index in [-0.39, 0.29) is 6.10 Å². The molecule has 21 heavy (non-hydrogen) atoms. The topological polar surface area (TPSA) is 83.4 Å². The van der Waals surface area contributed by atoms with E-state index in [1.165, 1.54) is 32.1 Å². The molecule has 6 nitrogen and oxygen atoms in total. The van der Waals surface area contributed by atoms with Gasteiger partial charge in [-0.25, -0.2) is 0 Å². The molecule has 118 valence electrons. The number of ether oxygens (including phenoxy) is 2. The van der Waals surface area contributed by atoms with Gasteiger partial charge < -0.3 is 19.7 Å². The zero-order valence-corrected chi connectivity index (χ0v) is 12.7. The highest BCUT2D eigenvalue weighted by atomic mass is 16.5. The Morgan fingerprint density at radius 2 is 1.95 bits per heavy atom. The van der Waals surface area contributed by atoms with E-state index in [0.717, 1.165) is 12.8 Å². The Morgan fingerprint density at radius 1 is 1.24 bits per heavy atom. The Balaban J connectivity index is 1.76. The molecule has 0 aromatic carbocycles. The molecule has 6 heteroatoms. The van der Waals surface area contributed by atoms with Gasteiger partial charge in [0, 0.05) is 20.3 Å². The summed E-state index contributed by atoms with van der Waals surface area (Å²) < 4.78 is 16.5. The lowest BCUT2D eigenvalue weighted by molar-refractivity contribution is 0.0273. The second kappa shape index (κ2) is 6.42. The van der Waals surface area contributed by atoms with Crippen molar-refractivity contribution in [3.8, 4) is 0 Å². The fourth-order valence-corrected chi connectivity index (χ4v) is 3.45. The average Bonchev–Trinajstić information content (AvgIpc) is 3.00. The number of nitrogens with zero attached hydrogens (tertiary/aromatic N) is 2. The second-order valence-corrected chi connectivity index (χ2v) is 6.28. The lowest BCUT2D eigenvalue weighted by Gasteiger charge is -2.29. The van der Waals surface area contributed by atoms with Crippen LogP contribution in [0.4, 0.5) is 0 Å². The smallest absolute Gasteiger partial charge is 0.247 e. The molecule has 0 amide bonds. The summed E-state index contributed by atoms with van der Waals surface area (Å²) in [4.78, 5) is 4.57. The van der Waals surface area contributed by atoms with Gasteiger partial charge in [-0.2, -0.15) is 4.98 Å². The van der Waals surface area contributed by atoms with E-state index in [1.807, 2.05) is 0 Å². The molecule has 0 spiro atoms. The van der Waals surface area contributed by atoms with Gasteiger partial charge in [0.05, 0.1) is 0 Å². The molecule has 3 rings (SSSR count). The minimum Gasteiger partial charge on any atom is -0.381 e. The van der Waals surface area contributed by atoms with Crippen LogP contribution < -0.4 is 5.73 Å². The summed E-state index contributed by atoms with van der Waals surface area (Å²) in [5, 5.41) is 4.15. The van der Waals surface area contributed by atoms with Crippen LogP contribution >= 0.6 is 0 Å². The van der Waals surface area contributed by atoms with Gasteiger partial charge in [0.25, 0.3) is 0 Å². The minimum atomic E-state index is -0.547. The second-order valence-electron chi connectivity index (χ2n) is 6.28. The van der Waals surface area contributed by atoms with E-state index in [9.17, 15) is 0 Å². The van der Waals surface area contributed by atoms with Crippen molar-refractivity contribution in [2.45, 2.75) is 56.6 Å². The van der Waals surface area contributed by atoms with Gasteiger partial charge in [0.15, 0.2) is 0 Å². The molecule has 2 heterocycles. The Labute approximate surface area is 125 Å². The number of nitrogens with two attached hydrogens (primary N) is 1. The van der Waals surface area contributed by atoms with Crippen molar-refractivity contribution in [1.82, 2.24) is 10.1 Å². The van der Waals surface area contributed by atoms with Gasteiger partial charge in [0.2, 0.25) is 11.7 Å². The summed E-state index contributed by atoms with van der Waals surface area (Å²) in [7, 11) is 1.72. The molecule has 2 fully saturated rings. The lowest BCUT2D eigenvalue weighted by atomic mass is 9.85. The van der Waals surface area contributed by atoms with Crippen LogP contribution in [0.15, 0.2) is 4.52 Å². The van der Waals surface area contributed by atoms with Crippen LogP contribution in [0.3, 0.4) is 0 Å². The van der Waals surface area contributed by atoms with E-state index in [1.54, 1.807) is 7.11 Å². The van der Waals surface area contributed by atoms with Crippen LogP contribution in [0.1, 0.15) is 62.8 Å². The maximum Gasteiger partial charge on any atom is 0.247 e. The summed E-state index contributed by atoms with van der Waals surface area (Å²) >= 11 is 0. The van der Waals surface area contributed by atoms with E-state index in [0.29, 0.717) is 30.8 Å². The first-order valence-corrected chi connectivity index (χ1v) is 7.96. The summed E-state index contributed by atoms with van der Waals surface area (Å²) in [5.41, 5.74) is 5.85. The van der Waals surface area contributed by atoms with Crippen LogP contribution in [-0.2, 0) is 15.0 Å². The molecule has 1 aromatic heterocycles. The fraction of sp³-hybridized carbons (Fsp3) is 0.867. The monoisotopic (exact) mass is 295 g/mol. The number of hydrogen-bond acceptors (Lipinski definition) is 6. The zero-order valence-electron chi connectivity index (χ0n) is 12.7. The van der Waals surface area contributed by atoms with Crippen LogP contribution in [0, 0.1) is 5.92 Å². The van der Waals surface area contributed by atoms with Gasteiger partial charge in [-0.15, -0.1) is 0 Å². The summed E-state index contributed by atoms with van der Waals surface area (Å²) in [5.74, 6) is 1.66. The third-order valence-electron chi connectivity index (χ3n) is 4.84.